The van der Waals surface area contributed by atoms with E-state index in [1.807, 2.05) is 47.3 Å². The molecule has 0 saturated heterocycles. The molecule has 1 aromatic heterocycles. The molecule has 0 aliphatic heterocycles. The van der Waals surface area contributed by atoms with Crippen LogP contribution in [0.15, 0.2) is 73.1 Å². The normalized spacial score (nSPS) is 10.3. The number of nitrogens with zero attached hydrogens (tertiary/aromatic N) is 1. The Kier molecular flexibility index (Phi) is 3.43. The van der Waals surface area contributed by atoms with Gasteiger partial charge in [0.1, 0.15) is 0 Å². The first kappa shape index (κ1) is 13.0. The molecule has 3 aromatic rings. The highest BCUT2D eigenvalue weighted by molar-refractivity contribution is 6.04. The molecule has 1 heterocycles. The van der Waals surface area contributed by atoms with Gasteiger partial charge in [-0.2, -0.15) is 0 Å². The highest BCUT2D eigenvalue weighted by Crippen LogP contribution is 2.15. The summed E-state index contributed by atoms with van der Waals surface area (Å²) in [6.45, 7) is 0. The van der Waals surface area contributed by atoms with Crippen molar-refractivity contribution < 1.29 is 4.79 Å². The van der Waals surface area contributed by atoms with Crippen LogP contribution in [0, 0.1) is 0 Å². The zero-order chi connectivity index (χ0) is 14.7. The average Bonchev–Trinajstić information content (AvgIpc) is 3.01. The second-order valence-electron chi connectivity index (χ2n) is 4.72. The summed E-state index contributed by atoms with van der Waals surface area (Å²) in [7, 11) is 0. The summed E-state index contributed by atoms with van der Waals surface area (Å²) < 4.78 is 1.99. The lowest BCUT2D eigenvalue weighted by Crippen LogP contribution is -2.12. The molecular formula is C17H15N3O. The van der Waals surface area contributed by atoms with Crippen LogP contribution in [0.25, 0.3) is 5.69 Å². The van der Waals surface area contributed by atoms with Crippen molar-refractivity contribution >= 4 is 17.3 Å². The second kappa shape index (κ2) is 5.54. The van der Waals surface area contributed by atoms with Gasteiger partial charge >= 0.3 is 0 Å². The van der Waals surface area contributed by atoms with Gasteiger partial charge in [-0.25, -0.2) is 0 Å². The first-order valence-corrected chi connectivity index (χ1v) is 6.63. The van der Waals surface area contributed by atoms with Crippen LogP contribution in [-0.4, -0.2) is 10.5 Å². The third-order valence-electron chi connectivity index (χ3n) is 3.18. The van der Waals surface area contributed by atoms with Crippen LogP contribution >= 0.6 is 0 Å². The van der Waals surface area contributed by atoms with Gasteiger partial charge in [0, 0.05) is 35.0 Å². The molecule has 3 rings (SSSR count). The molecule has 21 heavy (non-hydrogen) atoms. The van der Waals surface area contributed by atoms with E-state index in [1.165, 1.54) is 0 Å². The summed E-state index contributed by atoms with van der Waals surface area (Å²) in [6.07, 6.45) is 3.92. The van der Waals surface area contributed by atoms with Crippen LogP contribution in [0.5, 0.6) is 0 Å². The van der Waals surface area contributed by atoms with Crippen LogP contribution in [0.4, 0.5) is 11.4 Å². The van der Waals surface area contributed by atoms with E-state index < -0.39 is 0 Å². The molecule has 0 fully saturated rings. The van der Waals surface area contributed by atoms with Gasteiger partial charge < -0.3 is 15.6 Å². The smallest absolute Gasteiger partial charge is 0.255 e. The predicted octanol–water partition coefficient (Wildman–Crippen LogP) is 3.31. The number of carbonyl (C=O) groups is 1. The molecule has 2 aromatic carbocycles. The van der Waals surface area contributed by atoms with Gasteiger partial charge in [0.25, 0.3) is 5.91 Å². The number of amides is 1. The summed E-state index contributed by atoms with van der Waals surface area (Å²) in [5, 5.41) is 2.83. The summed E-state index contributed by atoms with van der Waals surface area (Å²) in [5.41, 5.74) is 8.62. The van der Waals surface area contributed by atoms with E-state index in [2.05, 4.69) is 5.32 Å². The van der Waals surface area contributed by atoms with Crippen LogP contribution in [0.2, 0.25) is 0 Å². The highest BCUT2D eigenvalue weighted by Gasteiger charge is 2.06. The Balaban J connectivity index is 1.76. The molecule has 0 saturated carbocycles. The van der Waals surface area contributed by atoms with Crippen molar-refractivity contribution in [3.63, 3.8) is 0 Å². The van der Waals surface area contributed by atoms with Crippen LogP contribution in [-0.2, 0) is 0 Å². The summed E-state index contributed by atoms with van der Waals surface area (Å²) in [5.74, 6) is -0.153. The maximum atomic E-state index is 12.2. The number of nitrogens with two attached hydrogens (primary N) is 1. The molecule has 3 N–H and O–H groups in total. The van der Waals surface area contributed by atoms with Gasteiger partial charge in [0.15, 0.2) is 0 Å². The summed E-state index contributed by atoms with van der Waals surface area (Å²) in [4.78, 5) is 12.2. The standard InChI is InChI=1S/C17H15N3O/c18-14-4-3-5-15(12-14)19-17(21)13-6-8-16(9-7-13)20-10-1-2-11-20/h1-12H,18H2,(H,19,21). The first-order chi connectivity index (χ1) is 10.2. The molecule has 4 heteroatoms. The summed E-state index contributed by atoms with van der Waals surface area (Å²) >= 11 is 0. The minimum atomic E-state index is -0.153. The largest absolute Gasteiger partial charge is 0.399 e. The number of rotatable bonds is 3. The first-order valence-electron chi connectivity index (χ1n) is 6.63. The number of nitrogen functional groups attached to an aromatic ring is 1. The Morgan fingerprint density at radius 3 is 2.33 bits per heavy atom. The topological polar surface area (TPSA) is 60.0 Å². The highest BCUT2D eigenvalue weighted by atomic mass is 16.1. The van der Waals surface area contributed by atoms with Crippen molar-refractivity contribution in [1.29, 1.82) is 0 Å². The Morgan fingerprint density at radius 1 is 0.952 bits per heavy atom. The van der Waals surface area contributed by atoms with Crippen molar-refractivity contribution in [3.05, 3.63) is 78.6 Å². The quantitative estimate of drug-likeness (QED) is 0.721. The molecule has 0 bridgehead atoms. The minimum Gasteiger partial charge on any atom is -0.399 e. The zero-order valence-corrected chi connectivity index (χ0v) is 11.4. The maximum absolute atomic E-state index is 12.2. The number of anilines is 2. The number of carbonyl (C=O) groups excluding carboxylic acids is 1. The van der Waals surface area contributed by atoms with Gasteiger partial charge in [-0.15, -0.1) is 0 Å². The van der Waals surface area contributed by atoms with E-state index in [1.54, 1.807) is 30.3 Å². The predicted molar refractivity (Wildman–Crippen MR) is 84.6 cm³/mol. The Morgan fingerprint density at radius 2 is 1.67 bits per heavy atom. The minimum absolute atomic E-state index is 0.153. The fraction of sp³-hybridized carbons (Fsp3) is 0. The van der Waals surface area contributed by atoms with E-state index in [9.17, 15) is 4.79 Å². The molecule has 1 amide bonds. The number of hydrogen-bond acceptors (Lipinski definition) is 2. The molecule has 104 valence electrons. The van der Waals surface area contributed by atoms with Gasteiger partial charge in [-0.1, -0.05) is 6.07 Å². The lowest BCUT2D eigenvalue weighted by Gasteiger charge is -2.07. The van der Waals surface area contributed by atoms with Crippen LogP contribution in [0.1, 0.15) is 10.4 Å². The number of aromatic nitrogens is 1. The molecule has 0 aliphatic rings. The zero-order valence-electron chi connectivity index (χ0n) is 11.4. The van der Waals surface area contributed by atoms with E-state index in [0.29, 0.717) is 16.9 Å². The molecular weight excluding hydrogens is 262 g/mol. The van der Waals surface area contributed by atoms with Gasteiger partial charge in [0.2, 0.25) is 0 Å². The number of hydrogen-bond donors (Lipinski definition) is 2. The third kappa shape index (κ3) is 2.95. The summed E-state index contributed by atoms with van der Waals surface area (Å²) in [6, 6.07) is 18.5. The van der Waals surface area contributed by atoms with E-state index >= 15 is 0 Å². The van der Waals surface area contributed by atoms with E-state index in [0.717, 1.165) is 5.69 Å². The Labute approximate surface area is 122 Å². The van der Waals surface area contributed by atoms with Crippen molar-refractivity contribution in [1.82, 2.24) is 4.57 Å². The fourth-order valence-corrected chi connectivity index (χ4v) is 2.11. The van der Waals surface area contributed by atoms with Crippen LogP contribution in [0.3, 0.4) is 0 Å². The number of nitrogens with one attached hydrogen (secondary N) is 1. The monoisotopic (exact) mass is 277 g/mol. The van der Waals surface area contributed by atoms with Gasteiger partial charge in [-0.3, -0.25) is 4.79 Å². The average molecular weight is 277 g/mol. The van der Waals surface area contributed by atoms with Gasteiger partial charge in [-0.05, 0) is 54.6 Å². The molecule has 4 nitrogen and oxygen atoms in total. The Bertz CT molecular complexity index is 746. The lowest BCUT2D eigenvalue weighted by atomic mass is 10.2. The lowest BCUT2D eigenvalue weighted by molar-refractivity contribution is 0.102. The molecule has 0 unspecified atom stereocenters. The fourth-order valence-electron chi connectivity index (χ4n) is 2.11. The molecule has 0 spiro atoms. The number of benzene rings is 2. The molecule has 0 atom stereocenters. The van der Waals surface area contributed by atoms with E-state index in [-0.39, 0.29) is 5.91 Å². The second-order valence-corrected chi connectivity index (χ2v) is 4.72. The molecule has 0 radical (unpaired) electrons. The molecule has 0 aliphatic carbocycles. The van der Waals surface area contributed by atoms with Crippen molar-refractivity contribution in [3.8, 4) is 5.69 Å². The van der Waals surface area contributed by atoms with Crippen molar-refractivity contribution in [2.45, 2.75) is 0 Å². The van der Waals surface area contributed by atoms with Crippen LogP contribution < -0.4 is 11.1 Å². The van der Waals surface area contributed by atoms with Crippen molar-refractivity contribution in [2.24, 2.45) is 0 Å². The van der Waals surface area contributed by atoms with E-state index in [4.69, 9.17) is 5.73 Å². The van der Waals surface area contributed by atoms with Gasteiger partial charge in [0.05, 0.1) is 0 Å². The maximum Gasteiger partial charge on any atom is 0.255 e. The third-order valence-corrected chi connectivity index (χ3v) is 3.18. The van der Waals surface area contributed by atoms with Crippen molar-refractivity contribution in [2.75, 3.05) is 11.1 Å². The Hall–Kier alpha value is -3.01. The SMILES string of the molecule is Nc1cccc(NC(=O)c2ccc(-n3cccc3)cc2)c1.